The standard InChI is InChI=1S/C19H28N4O3/c1-5-26-15-11-14(19(15)9-7-6-8-10-19)21(2)16-13(12-20)17(24)23(4)18(25)22(16)3/h14-15H,5-11H2,1-4H3. The van der Waals surface area contributed by atoms with Gasteiger partial charge in [-0.15, -0.1) is 0 Å². The molecule has 0 radical (unpaired) electrons. The number of nitriles is 1. The number of nitrogens with zero attached hydrogens (tertiary/aromatic N) is 4. The zero-order valence-electron chi connectivity index (χ0n) is 16.1. The first-order valence-corrected chi connectivity index (χ1v) is 9.43. The van der Waals surface area contributed by atoms with E-state index in [4.69, 9.17) is 4.74 Å². The number of aromatic nitrogens is 2. The predicted molar refractivity (Wildman–Crippen MR) is 99.4 cm³/mol. The quantitative estimate of drug-likeness (QED) is 0.813. The molecule has 142 valence electrons. The van der Waals surface area contributed by atoms with Gasteiger partial charge in [-0.3, -0.25) is 13.9 Å². The van der Waals surface area contributed by atoms with Crippen LogP contribution in [-0.2, 0) is 18.8 Å². The van der Waals surface area contributed by atoms with Crippen LogP contribution in [0.2, 0.25) is 0 Å². The molecule has 0 amide bonds. The van der Waals surface area contributed by atoms with E-state index in [2.05, 4.69) is 0 Å². The smallest absolute Gasteiger partial charge is 0.332 e. The van der Waals surface area contributed by atoms with Crippen molar-refractivity contribution in [3.05, 3.63) is 26.4 Å². The fourth-order valence-corrected chi connectivity index (χ4v) is 5.06. The highest BCUT2D eigenvalue weighted by molar-refractivity contribution is 5.54. The predicted octanol–water partition coefficient (Wildman–Crippen LogP) is 1.52. The second kappa shape index (κ2) is 6.92. The lowest BCUT2D eigenvalue weighted by molar-refractivity contribution is -0.141. The maximum atomic E-state index is 12.4. The molecule has 2 saturated carbocycles. The summed E-state index contributed by atoms with van der Waals surface area (Å²) in [6, 6.07) is 2.19. The van der Waals surface area contributed by atoms with Crippen LogP contribution in [0.4, 0.5) is 5.82 Å². The Morgan fingerprint density at radius 2 is 1.88 bits per heavy atom. The Morgan fingerprint density at radius 3 is 2.46 bits per heavy atom. The summed E-state index contributed by atoms with van der Waals surface area (Å²) in [6.45, 7) is 2.71. The van der Waals surface area contributed by atoms with E-state index in [1.165, 1.54) is 30.9 Å². The summed E-state index contributed by atoms with van der Waals surface area (Å²) < 4.78 is 8.43. The first kappa shape index (κ1) is 18.7. The summed E-state index contributed by atoms with van der Waals surface area (Å²) >= 11 is 0. The van der Waals surface area contributed by atoms with Crippen molar-refractivity contribution >= 4 is 5.82 Å². The molecule has 3 rings (SSSR count). The fourth-order valence-electron chi connectivity index (χ4n) is 5.06. The largest absolute Gasteiger partial charge is 0.378 e. The molecule has 1 aromatic rings. The highest BCUT2D eigenvalue weighted by atomic mass is 16.5. The summed E-state index contributed by atoms with van der Waals surface area (Å²) in [5.41, 5.74) is -0.861. The van der Waals surface area contributed by atoms with Gasteiger partial charge in [0.15, 0.2) is 5.56 Å². The van der Waals surface area contributed by atoms with Crippen molar-refractivity contribution in [2.45, 2.75) is 57.6 Å². The second-order valence-electron chi connectivity index (χ2n) is 7.62. The monoisotopic (exact) mass is 360 g/mol. The van der Waals surface area contributed by atoms with Gasteiger partial charge in [-0.2, -0.15) is 5.26 Å². The van der Waals surface area contributed by atoms with E-state index in [-0.39, 0.29) is 23.1 Å². The van der Waals surface area contributed by atoms with Crippen molar-refractivity contribution in [3.63, 3.8) is 0 Å². The van der Waals surface area contributed by atoms with Crippen molar-refractivity contribution in [2.24, 2.45) is 19.5 Å². The lowest BCUT2D eigenvalue weighted by Gasteiger charge is -2.60. The number of rotatable bonds is 4. The van der Waals surface area contributed by atoms with E-state index < -0.39 is 11.2 Å². The van der Waals surface area contributed by atoms with E-state index in [9.17, 15) is 14.9 Å². The highest BCUT2D eigenvalue weighted by Crippen LogP contribution is 2.55. The van der Waals surface area contributed by atoms with E-state index in [0.29, 0.717) is 12.4 Å². The molecule has 0 aromatic carbocycles. The Hall–Kier alpha value is -2.07. The van der Waals surface area contributed by atoms with Gasteiger partial charge in [-0.1, -0.05) is 19.3 Å². The topological polar surface area (TPSA) is 80.3 Å². The third-order valence-electron chi connectivity index (χ3n) is 6.44. The molecule has 0 N–H and O–H groups in total. The van der Waals surface area contributed by atoms with Crippen molar-refractivity contribution in [1.82, 2.24) is 9.13 Å². The maximum absolute atomic E-state index is 12.4. The Kier molecular flexibility index (Phi) is 4.98. The molecule has 7 heteroatoms. The molecule has 2 atom stereocenters. The normalized spacial score (nSPS) is 24.1. The van der Waals surface area contributed by atoms with Crippen LogP contribution >= 0.6 is 0 Å². The number of ether oxygens (including phenoxy) is 1. The van der Waals surface area contributed by atoms with Gasteiger partial charge in [0.05, 0.1) is 6.10 Å². The molecule has 0 saturated heterocycles. The van der Waals surface area contributed by atoms with Gasteiger partial charge < -0.3 is 9.64 Å². The molecule has 2 aliphatic rings. The van der Waals surface area contributed by atoms with E-state index >= 15 is 0 Å². The molecule has 1 heterocycles. The van der Waals surface area contributed by atoms with Crippen LogP contribution in [0.5, 0.6) is 0 Å². The van der Waals surface area contributed by atoms with Crippen LogP contribution in [0.15, 0.2) is 9.59 Å². The molecule has 7 nitrogen and oxygen atoms in total. The highest BCUT2D eigenvalue weighted by Gasteiger charge is 2.57. The van der Waals surface area contributed by atoms with Gasteiger partial charge in [-0.05, 0) is 26.2 Å². The van der Waals surface area contributed by atoms with Gasteiger partial charge in [0, 0.05) is 39.2 Å². The first-order chi connectivity index (χ1) is 12.4. The van der Waals surface area contributed by atoms with E-state index in [1.807, 2.05) is 24.9 Å². The average molecular weight is 360 g/mol. The molecule has 2 aliphatic carbocycles. The van der Waals surface area contributed by atoms with Crippen LogP contribution < -0.4 is 16.1 Å². The minimum atomic E-state index is -0.532. The summed E-state index contributed by atoms with van der Waals surface area (Å²) in [5, 5.41) is 9.57. The van der Waals surface area contributed by atoms with Crippen LogP contribution in [0.1, 0.15) is 51.0 Å². The lowest BCUT2D eigenvalue weighted by atomic mass is 9.54. The number of anilines is 1. The van der Waals surface area contributed by atoms with Crippen molar-refractivity contribution < 1.29 is 4.74 Å². The van der Waals surface area contributed by atoms with Gasteiger partial charge >= 0.3 is 5.69 Å². The Morgan fingerprint density at radius 1 is 1.23 bits per heavy atom. The Bertz CT molecular complexity index is 842. The van der Waals surface area contributed by atoms with Gasteiger partial charge in [0.1, 0.15) is 11.9 Å². The molecular weight excluding hydrogens is 332 g/mol. The van der Waals surface area contributed by atoms with Crippen molar-refractivity contribution in [2.75, 3.05) is 18.6 Å². The zero-order valence-corrected chi connectivity index (χ0v) is 16.1. The third kappa shape index (κ3) is 2.59. The molecule has 0 bridgehead atoms. The molecule has 1 aromatic heterocycles. The summed E-state index contributed by atoms with van der Waals surface area (Å²) in [5.74, 6) is 0.422. The molecule has 1 spiro atoms. The molecular formula is C19H28N4O3. The molecule has 0 aliphatic heterocycles. The van der Waals surface area contributed by atoms with Crippen LogP contribution in [-0.4, -0.2) is 34.9 Å². The molecule has 26 heavy (non-hydrogen) atoms. The first-order valence-electron chi connectivity index (χ1n) is 9.43. The van der Waals surface area contributed by atoms with Gasteiger partial charge in [0.25, 0.3) is 5.56 Å². The van der Waals surface area contributed by atoms with Crippen LogP contribution in [0.3, 0.4) is 0 Å². The SMILES string of the molecule is CCOC1CC(N(C)c2c(C#N)c(=O)n(C)c(=O)n2C)C12CCCCC2. The lowest BCUT2D eigenvalue weighted by Crippen LogP contribution is -2.65. The maximum Gasteiger partial charge on any atom is 0.332 e. The molecule has 2 fully saturated rings. The minimum absolute atomic E-state index is 0.0305. The summed E-state index contributed by atoms with van der Waals surface area (Å²) in [4.78, 5) is 26.8. The fraction of sp³-hybridized carbons (Fsp3) is 0.737. The van der Waals surface area contributed by atoms with E-state index in [1.54, 1.807) is 7.05 Å². The molecule has 2 unspecified atom stereocenters. The zero-order chi connectivity index (χ0) is 19.1. The number of hydrogen-bond donors (Lipinski definition) is 0. The minimum Gasteiger partial charge on any atom is -0.378 e. The van der Waals surface area contributed by atoms with Crippen LogP contribution in [0, 0.1) is 16.7 Å². The van der Waals surface area contributed by atoms with Gasteiger partial charge in [-0.25, -0.2) is 4.79 Å². The number of hydrogen-bond acceptors (Lipinski definition) is 5. The third-order valence-corrected chi connectivity index (χ3v) is 6.44. The summed E-state index contributed by atoms with van der Waals surface area (Å²) in [7, 11) is 4.94. The Labute approximate surface area is 153 Å². The van der Waals surface area contributed by atoms with Crippen LogP contribution in [0.25, 0.3) is 0 Å². The second-order valence-corrected chi connectivity index (χ2v) is 7.62. The van der Waals surface area contributed by atoms with Crippen molar-refractivity contribution in [1.29, 1.82) is 5.26 Å². The van der Waals surface area contributed by atoms with Crippen molar-refractivity contribution in [3.8, 4) is 6.07 Å². The van der Waals surface area contributed by atoms with E-state index in [0.717, 1.165) is 23.8 Å². The average Bonchev–Trinajstić information content (AvgIpc) is 2.66. The summed E-state index contributed by atoms with van der Waals surface area (Å²) in [6.07, 6.45) is 6.85. The van der Waals surface area contributed by atoms with Gasteiger partial charge in [0.2, 0.25) is 0 Å². The Balaban J connectivity index is 2.05.